The van der Waals surface area contributed by atoms with E-state index < -0.39 is 17.3 Å². The van der Waals surface area contributed by atoms with Gasteiger partial charge in [0.2, 0.25) is 0 Å². The lowest BCUT2D eigenvalue weighted by Gasteiger charge is -2.19. The number of fused-ring (bicyclic) bond motifs is 1. The molecule has 0 radical (unpaired) electrons. The maximum Gasteiger partial charge on any atom is 0.419 e. The molecule has 110 valence electrons. The second-order valence-electron chi connectivity index (χ2n) is 4.64. The predicted molar refractivity (Wildman–Crippen MR) is 75.3 cm³/mol. The topological polar surface area (TPSA) is 53.1 Å². The van der Waals surface area contributed by atoms with Crippen molar-refractivity contribution >= 4 is 11.5 Å². The van der Waals surface area contributed by atoms with Gasteiger partial charge in [-0.05, 0) is 0 Å². The van der Waals surface area contributed by atoms with Crippen LogP contribution in [0.15, 0.2) is 53.9 Å². The molecule has 1 N–H and O–H groups in total. The number of allylic oxidation sites excluding steroid dienone is 1. The zero-order valence-corrected chi connectivity index (χ0v) is 11.1. The average molecular weight is 302 g/mol. The number of benzene rings is 1. The number of nitriles is 1. The molecular formula is C15H9F3N4. The summed E-state index contributed by atoms with van der Waals surface area (Å²) >= 11 is 0. The molecule has 22 heavy (non-hydrogen) atoms. The van der Waals surface area contributed by atoms with Crippen LogP contribution in [0.5, 0.6) is 0 Å². The Kier molecular flexibility index (Phi) is 3.03. The molecule has 0 fully saturated rings. The first-order chi connectivity index (χ1) is 10.4. The van der Waals surface area contributed by atoms with Crippen molar-refractivity contribution in [2.45, 2.75) is 6.18 Å². The van der Waals surface area contributed by atoms with E-state index in [0.29, 0.717) is 17.0 Å². The molecule has 0 aliphatic carbocycles. The highest BCUT2D eigenvalue weighted by Gasteiger charge is 2.38. The van der Waals surface area contributed by atoms with E-state index in [1.54, 1.807) is 30.3 Å². The van der Waals surface area contributed by atoms with Crippen LogP contribution >= 0.6 is 0 Å². The molecule has 1 aliphatic rings. The number of hydrogen-bond acceptors (Lipinski definition) is 3. The summed E-state index contributed by atoms with van der Waals surface area (Å²) in [6.07, 6.45) is -3.82. The normalized spacial score (nSPS) is 13.9. The van der Waals surface area contributed by atoms with Crippen molar-refractivity contribution in [3.8, 4) is 6.07 Å². The predicted octanol–water partition coefficient (Wildman–Crippen LogP) is 3.57. The van der Waals surface area contributed by atoms with Crippen LogP contribution in [0.2, 0.25) is 0 Å². The summed E-state index contributed by atoms with van der Waals surface area (Å²) in [6, 6.07) is 10.5. The molecule has 3 rings (SSSR count). The van der Waals surface area contributed by atoms with Crippen molar-refractivity contribution in [2.24, 2.45) is 5.10 Å². The van der Waals surface area contributed by atoms with E-state index in [2.05, 4.69) is 17.0 Å². The summed E-state index contributed by atoms with van der Waals surface area (Å²) in [5.74, 6) is -0.0282. The van der Waals surface area contributed by atoms with E-state index >= 15 is 0 Å². The van der Waals surface area contributed by atoms with Gasteiger partial charge in [-0.25, -0.2) is 4.68 Å². The number of anilines is 1. The van der Waals surface area contributed by atoms with E-state index in [9.17, 15) is 13.2 Å². The maximum absolute atomic E-state index is 13.0. The van der Waals surface area contributed by atoms with E-state index in [0.717, 1.165) is 10.9 Å². The minimum atomic E-state index is -4.62. The molecule has 1 aromatic carbocycles. The Labute approximate surface area is 123 Å². The summed E-state index contributed by atoms with van der Waals surface area (Å²) in [5.41, 5.74) is -0.0531. The third-order valence-corrected chi connectivity index (χ3v) is 3.21. The van der Waals surface area contributed by atoms with Gasteiger partial charge in [0.05, 0.1) is 11.3 Å². The lowest BCUT2D eigenvalue weighted by Crippen LogP contribution is -2.20. The lowest BCUT2D eigenvalue weighted by atomic mass is 10.1. The first-order valence-electron chi connectivity index (χ1n) is 6.25. The van der Waals surface area contributed by atoms with E-state index in [1.807, 2.05) is 6.07 Å². The van der Waals surface area contributed by atoms with Crippen LogP contribution in [0.3, 0.4) is 0 Å². The first-order valence-corrected chi connectivity index (χ1v) is 6.25. The zero-order chi connectivity index (χ0) is 15.9. The molecular weight excluding hydrogens is 293 g/mol. The highest BCUT2D eigenvalue weighted by atomic mass is 19.4. The SMILES string of the molecule is C=C1Nc2c(C#N)c(C(F)(F)F)cn2N=C1c1ccccc1. The Morgan fingerprint density at radius 3 is 2.50 bits per heavy atom. The van der Waals surface area contributed by atoms with Gasteiger partial charge >= 0.3 is 6.18 Å². The number of alkyl halides is 3. The van der Waals surface area contributed by atoms with Crippen molar-refractivity contribution in [1.82, 2.24) is 4.68 Å². The minimum absolute atomic E-state index is 0.0282. The van der Waals surface area contributed by atoms with Gasteiger partial charge in [0.25, 0.3) is 0 Å². The molecule has 2 heterocycles. The maximum atomic E-state index is 13.0. The third kappa shape index (κ3) is 2.15. The van der Waals surface area contributed by atoms with Gasteiger partial charge < -0.3 is 5.32 Å². The fourth-order valence-electron chi connectivity index (χ4n) is 2.22. The van der Waals surface area contributed by atoms with Crippen LogP contribution in [0.1, 0.15) is 16.7 Å². The molecule has 0 amide bonds. The Hall–Kier alpha value is -3.01. The molecule has 0 spiro atoms. The fraction of sp³-hybridized carbons (Fsp3) is 0.0667. The number of rotatable bonds is 1. The Balaban J connectivity index is 2.18. The van der Waals surface area contributed by atoms with Gasteiger partial charge in [0, 0.05) is 11.8 Å². The summed E-state index contributed by atoms with van der Waals surface area (Å²) in [4.78, 5) is 0. The average Bonchev–Trinajstić information content (AvgIpc) is 2.85. The van der Waals surface area contributed by atoms with E-state index in [-0.39, 0.29) is 5.82 Å². The standard InChI is InChI=1S/C15H9F3N4/c1-9-13(10-5-3-2-4-6-10)21-22-8-12(15(16,17)18)11(7-19)14(22)20-9/h2-6,8,20H,1H2. The smallest absolute Gasteiger partial charge is 0.338 e. The van der Waals surface area contributed by atoms with Gasteiger partial charge in [-0.2, -0.15) is 23.5 Å². The number of nitrogens with one attached hydrogen (secondary N) is 1. The molecule has 0 saturated heterocycles. The molecule has 0 bridgehead atoms. The van der Waals surface area contributed by atoms with Crippen molar-refractivity contribution in [3.63, 3.8) is 0 Å². The van der Waals surface area contributed by atoms with Gasteiger partial charge in [-0.3, -0.25) is 0 Å². The number of hydrogen-bond donors (Lipinski definition) is 1. The largest absolute Gasteiger partial charge is 0.419 e. The van der Waals surface area contributed by atoms with Crippen LogP contribution in [-0.4, -0.2) is 10.4 Å². The summed E-state index contributed by atoms with van der Waals surface area (Å²) in [6.45, 7) is 3.77. The molecule has 1 aromatic heterocycles. The van der Waals surface area contributed by atoms with Crippen molar-refractivity contribution in [2.75, 3.05) is 5.32 Å². The molecule has 1 aliphatic heterocycles. The molecule has 4 nitrogen and oxygen atoms in total. The summed E-state index contributed by atoms with van der Waals surface area (Å²) in [5, 5.41) is 15.9. The number of aromatic nitrogens is 1. The first kappa shape index (κ1) is 13.9. The Morgan fingerprint density at radius 2 is 1.91 bits per heavy atom. The van der Waals surface area contributed by atoms with Crippen LogP contribution in [0, 0.1) is 11.3 Å². The number of halogens is 3. The minimum Gasteiger partial charge on any atom is -0.338 e. The molecule has 0 saturated carbocycles. The van der Waals surface area contributed by atoms with Gasteiger partial charge in [-0.1, -0.05) is 36.9 Å². The van der Waals surface area contributed by atoms with Gasteiger partial charge in [-0.15, -0.1) is 0 Å². The van der Waals surface area contributed by atoms with Gasteiger partial charge in [0.1, 0.15) is 17.3 Å². The highest BCUT2D eigenvalue weighted by Crippen LogP contribution is 2.38. The molecule has 0 atom stereocenters. The monoisotopic (exact) mass is 302 g/mol. The zero-order valence-electron chi connectivity index (χ0n) is 11.1. The molecule has 2 aromatic rings. The van der Waals surface area contributed by atoms with Crippen LogP contribution in [-0.2, 0) is 6.18 Å². The summed E-state index contributed by atoms with van der Waals surface area (Å²) < 4.78 is 40.0. The Morgan fingerprint density at radius 1 is 1.23 bits per heavy atom. The third-order valence-electron chi connectivity index (χ3n) is 3.21. The second kappa shape index (κ2) is 4.77. The van der Waals surface area contributed by atoms with Crippen LogP contribution in [0.25, 0.3) is 0 Å². The number of nitrogens with zero attached hydrogens (tertiary/aromatic N) is 3. The second-order valence-corrected chi connectivity index (χ2v) is 4.64. The van der Waals surface area contributed by atoms with Gasteiger partial charge in [0.15, 0.2) is 5.82 Å². The highest BCUT2D eigenvalue weighted by molar-refractivity contribution is 6.14. The fourth-order valence-corrected chi connectivity index (χ4v) is 2.22. The van der Waals surface area contributed by atoms with Crippen LogP contribution in [0.4, 0.5) is 19.0 Å². The van der Waals surface area contributed by atoms with E-state index in [1.165, 1.54) is 0 Å². The Bertz CT molecular complexity index is 823. The molecule has 7 heteroatoms. The lowest BCUT2D eigenvalue weighted by molar-refractivity contribution is -0.137. The van der Waals surface area contributed by atoms with Crippen molar-refractivity contribution in [1.29, 1.82) is 5.26 Å². The van der Waals surface area contributed by atoms with Crippen molar-refractivity contribution < 1.29 is 13.2 Å². The molecule has 0 unspecified atom stereocenters. The quantitative estimate of drug-likeness (QED) is 0.875. The van der Waals surface area contributed by atoms with Crippen molar-refractivity contribution in [3.05, 3.63) is 65.5 Å². The van der Waals surface area contributed by atoms with E-state index in [4.69, 9.17) is 5.26 Å². The van der Waals surface area contributed by atoms with Crippen LogP contribution < -0.4 is 5.32 Å². The summed E-state index contributed by atoms with van der Waals surface area (Å²) in [7, 11) is 0.